The van der Waals surface area contributed by atoms with E-state index in [2.05, 4.69) is 30.5 Å². The van der Waals surface area contributed by atoms with Gasteiger partial charge in [0, 0.05) is 20.0 Å². The van der Waals surface area contributed by atoms with E-state index < -0.39 is 6.10 Å². The van der Waals surface area contributed by atoms with Gasteiger partial charge in [0.2, 0.25) is 0 Å². The monoisotopic (exact) mass is 274 g/mol. The number of rotatable bonds is 3. The first-order valence-electron chi connectivity index (χ1n) is 6.02. The van der Waals surface area contributed by atoms with E-state index >= 15 is 0 Å². The van der Waals surface area contributed by atoms with Gasteiger partial charge in [-0.05, 0) is 35.4 Å². The summed E-state index contributed by atoms with van der Waals surface area (Å²) < 4.78 is 1.24. The zero-order chi connectivity index (χ0) is 12.5. The van der Waals surface area contributed by atoms with Gasteiger partial charge in [0.15, 0.2) is 0 Å². The van der Waals surface area contributed by atoms with Crippen LogP contribution < -0.4 is 0 Å². The Morgan fingerprint density at radius 2 is 2.00 bits per heavy atom. The van der Waals surface area contributed by atoms with E-state index in [4.69, 9.17) is 0 Å². The van der Waals surface area contributed by atoms with Gasteiger partial charge in [0.1, 0.15) is 6.10 Å². The highest BCUT2D eigenvalue weighted by Crippen LogP contribution is 2.35. The summed E-state index contributed by atoms with van der Waals surface area (Å²) in [5.41, 5.74) is 1.03. The molecule has 1 atom stereocenters. The van der Waals surface area contributed by atoms with Crippen LogP contribution in [0.1, 0.15) is 28.3 Å². The summed E-state index contributed by atoms with van der Waals surface area (Å²) in [5, 5.41) is 13.7. The maximum absolute atomic E-state index is 10.5. The molecule has 1 nitrogen and oxygen atoms in total. The molecule has 0 spiro atoms. The third-order valence-electron chi connectivity index (χ3n) is 3.11. The third kappa shape index (κ3) is 1.99. The molecule has 3 heteroatoms. The molecular weight excluding hydrogens is 260 g/mol. The fourth-order valence-electron chi connectivity index (χ4n) is 2.09. The highest BCUT2D eigenvalue weighted by Gasteiger charge is 2.16. The van der Waals surface area contributed by atoms with E-state index in [-0.39, 0.29) is 0 Å². The third-order valence-corrected chi connectivity index (χ3v) is 5.37. The van der Waals surface area contributed by atoms with E-state index in [0.29, 0.717) is 0 Å². The van der Waals surface area contributed by atoms with Crippen LogP contribution in [0, 0.1) is 0 Å². The molecule has 0 bridgehead atoms. The topological polar surface area (TPSA) is 20.2 Å². The molecule has 0 amide bonds. The van der Waals surface area contributed by atoms with Crippen LogP contribution in [0.4, 0.5) is 0 Å². The molecule has 1 unspecified atom stereocenters. The van der Waals surface area contributed by atoms with Gasteiger partial charge in [-0.15, -0.1) is 22.7 Å². The van der Waals surface area contributed by atoms with Crippen molar-refractivity contribution in [3.63, 3.8) is 0 Å². The summed E-state index contributed by atoms with van der Waals surface area (Å²) >= 11 is 3.40. The number of aliphatic hydroxyl groups excluding tert-OH is 1. The lowest BCUT2D eigenvalue weighted by Crippen LogP contribution is -1.95. The van der Waals surface area contributed by atoms with E-state index in [1.165, 1.54) is 15.0 Å². The second-order valence-electron chi connectivity index (χ2n) is 4.25. The van der Waals surface area contributed by atoms with E-state index in [9.17, 15) is 5.11 Å². The summed E-state index contributed by atoms with van der Waals surface area (Å²) in [6.45, 7) is 2.14. The quantitative estimate of drug-likeness (QED) is 0.739. The van der Waals surface area contributed by atoms with Crippen LogP contribution >= 0.6 is 22.7 Å². The molecule has 2 heterocycles. The molecule has 0 aliphatic heterocycles. The zero-order valence-electron chi connectivity index (χ0n) is 10.1. The molecule has 0 fully saturated rings. The Bertz CT molecular complexity index is 666. The van der Waals surface area contributed by atoms with Gasteiger partial charge >= 0.3 is 0 Å². The van der Waals surface area contributed by atoms with E-state index in [1.807, 2.05) is 18.2 Å². The number of aryl methyl sites for hydroxylation is 1. The number of benzene rings is 1. The van der Waals surface area contributed by atoms with Crippen molar-refractivity contribution in [1.29, 1.82) is 0 Å². The van der Waals surface area contributed by atoms with Crippen LogP contribution in [0.3, 0.4) is 0 Å². The maximum atomic E-state index is 10.5. The standard InChI is InChI=1S/C15H14OS2/c1-2-10-7-8-14(18-10)15(16)12-9-17-13-6-4-3-5-11(12)13/h3-9,15-16H,2H2,1H3. The molecule has 0 radical (unpaired) electrons. The Morgan fingerprint density at radius 3 is 2.78 bits per heavy atom. The predicted molar refractivity (Wildman–Crippen MR) is 79.6 cm³/mol. The fraction of sp³-hybridized carbons (Fsp3) is 0.200. The van der Waals surface area contributed by atoms with Crippen molar-refractivity contribution in [1.82, 2.24) is 0 Å². The number of fused-ring (bicyclic) bond motifs is 1. The lowest BCUT2D eigenvalue weighted by molar-refractivity contribution is 0.226. The number of hydrogen-bond acceptors (Lipinski definition) is 3. The second-order valence-corrected chi connectivity index (χ2v) is 6.36. The smallest absolute Gasteiger partial charge is 0.115 e. The van der Waals surface area contributed by atoms with Gasteiger partial charge in [0.05, 0.1) is 0 Å². The summed E-state index contributed by atoms with van der Waals surface area (Å²) in [6, 6.07) is 12.4. The molecule has 0 saturated heterocycles. The first kappa shape index (κ1) is 11.9. The Hall–Kier alpha value is -1.16. The SMILES string of the molecule is CCc1ccc(C(O)c2csc3ccccc23)s1. The van der Waals surface area contributed by atoms with Crippen molar-refractivity contribution in [2.75, 3.05) is 0 Å². The van der Waals surface area contributed by atoms with Crippen molar-refractivity contribution in [3.8, 4) is 0 Å². The van der Waals surface area contributed by atoms with E-state index in [1.54, 1.807) is 22.7 Å². The summed E-state index contributed by atoms with van der Waals surface area (Å²) in [4.78, 5) is 2.36. The van der Waals surface area contributed by atoms with Crippen LogP contribution in [-0.4, -0.2) is 5.11 Å². The van der Waals surface area contributed by atoms with Crippen molar-refractivity contribution >= 4 is 32.8 Å². The number of thiophene rings is 2. The van der Waals surface area contributed by atoms with Gasteiger partial charge in [-0.25, -0.2) is 0 Å². The summed E-state index contributed by atoms with van der Waals surface area (Å²) in [6.07, 6.45) is 0.536. The van der Waals surface area contributed by atoms with Crippen LogP contribution in [0.15, 0.2) is 41.8 Å². The van der Waals surface area contributed by atoms with Crippen LogP contribution in [0.25, 0.3) is 10.1 Å². The first-order valence-corrected chi connectivity index (χ1v) is 7.72. The Morgan fingerprint density at radius 1 is 1.17 bits per heavy atom. The highest BCUT2D eigenvalue weighted by molar-refractivity contribution is 7.17. The van der Waals surface area contributed by atoms with Crippen molar-refractivity contribution in [3.05, 3.63) is 57.1 Å². The van der Waals surface area contributed by atoms with Gasteiger partial charge in [-0.2, -0.15) is 0 Å². The molecule has 3 aromatic rings. The molecule has 1 N–H and O–H groups in total. The molecule has 0 saturated carbocycles. The highest BCUT2D eigenvalue weighted by atomic mass is 32.1. The molecule has 1 aromatic carbocycles. The van der Waals surface area contributed by atoms with Crippen molar-refractivity contribution < 1.29 is 5.11 Å². The van der Waals surface area contributed by atoms with Crippen molar-refractivity contribution in [2.24, 2.45) is 0 Å². The fourth-order valence-corrected chi connectivity index (χ4v) is 4.03. The summed E-state index contributed by atoms with van der Waals surface area (Å²) in [7, 11) is 0. The molecule has 0 aliphatic carbocycles. The average Bonchev–Trinajstić information content (AvgIpc) is 3.04. The van der Waals surface area contributed by atoms with Crippen LogP contribution in [0.2, 0.25) is 0 Å². The minimum Gasteiger partial charge on any atom is -0.383 e. The lowest BCUT2D eigenvalue weighted by atomic mass is 10.1. The Kier molecular flexibility index (Phi) is 3.20. The van der Waals surface area contributed by atoms with E-state index in [0.717, 1.165) is 16.9 Å². The second kappa shape index (κ2) is 4.84. The van der Waals surface area contributed by atoms with Gasteiger partial charge < -0.3 is 5.11 Å². The van der Waals surface area contributed by atoms with Crippen molar-refractivity contribution in [2.45, 2.75) is 19.4 Å². The Labute approximate surface area is 114 Å². The maximum Gasteiger partial charge on any atom is 0.115 e. The zero-order valence-corrected chi connectivity index (χ0v) is 11.7. The van der Waals surface area contributed by atoms with Crippen LogP contribution in [0.5, 0.6) is 0 Å². The summed E-state index contributed by atoms with van der Waals surface area (Å²) in [5.74, 6) is 0. The molecular formula is C15H14OS2. The molecule has 3 rings (SSSR count). The van der Waals surface area contributed by atoms with Gasteiger partial charge in [-0.3, -0.25) is 0 Å². The number of hydrogen-bond donors (Lipinski definition) is 1. The normalized spacial score (nSPS) is 13.0. The van der Waals surface area contributed by atoms with Crippen LogP contribution in [-0.2, 0) is 6.42 Å². The predicted octanol–water partition coefficient (Wildman–Crippen LogP) is 4.61. The lowest BCUT2D eigenvalue weighted by Gasteiger charge is -2.07. The average molecular weight is 274 g/mol. The van der Waals surface area contributed by atoms with Gasteiger partial charge in [-0.1, -0.05) is 25.1 Å². The minimum absolute atomic E-state index is 0.494. The first-order chi connectivity index (χ1) is 8.79. The number of aliphatic hydroxyl groups is 1. The molecule has 2 aromatic heterocycles. The Balaban J connectivity index is 2.03. The molecule has 18 heavy (non-hydrogen) atoms. The largest absolute Gasteiger partial charge is 0.383 e. The molecule has 0 aliphatic rings. The molecule has 92 valence electrons. The van der Waals surface area contributed by atoms with Gasteiger partial charge in [0.25, 0.3) is 0 Å². The minimum atomic E-state index is -0.494.